The van der Waals surface area contributed by atoms with Gasteiger partial charge in [0.05, 0.1) is 23.6 Å². The number of pyridine rings is 1. The van der Waals surface area contributed by atoms with Crippen molar-refractivity contribution in [3.05, 3.63) is 65.5 Å². The van der Waals surface area contributed by atoms with Crippen molar-refractivity contribution in [1.82, 2.24) is 19.6 Å². The number of methoxy groups -OCH3 is 1. The highest BCUT2D eigenvalue weighted by Crippen LogP contribution is 2.31. The van der Waals surface area contributed by atoms with Gasteiger partial charge in [-0.05, 0) is 55.3 Å². The highest BCUT2D eigenvalue weighted by Gasteiger charge is 2.23. The van der Waals surface area contributed by atoms with Crippen molar-refractivity contribution in [3.63, 3.8) is 0 Å². The van der Waals surface area contributed by atoms with Crippen LogP contribution in [0.1, 0.15) is 18.9 Å². The summed E-state index contributed by atoms with van der Waals surface area (Å²) < 4.78 is 7.23. The summed E-state index contributed by atoms with van der Waals surface area (Å²) in [6.45, 7) is 4.06. The average molecular weight is 490 g/mol. The Bertz CT molecular complexity index is 1480. The quantitative estimate of drug-likeness (QED) is 0.290. The lowest BCUT2D eigenvalue weighted by atomic mass is 10.1. The number of thiazole rings is 1. The van der Waals surface area contributed by atoms with Crippen LogP contribution >= 0.6 is 23.1 Å². The van der Waals surface area contributed by atoms with Crippen LogP contribution in [0.5, 0.6) is 5.75 Å². The monoisotopic (exact) mass is 489 g/mol. The number of nitrogens with zero attached hydrogens (tertiary/aromatic N) is 4. The second-order valence-corrected chi connectivity index (χ2v) is 9.82. The number of amides is 1. The molecule has 0 radical (unpaired) electrons. The lowest BCUT2D eigenvalue weighted by Gasteiger charge is -2.13. The largest absolute Gasteiger partial charge is 0.497 e. The molecule has 3 heterocycles. The van der Waals surface area contributed by atoms with Gasteiger partial charge in [0.25, 0.3) is 0 Å². The Morgan fingerprint density at radius 3 is 2.74 bits per heavy atom. The minimum Gasteiger partial charge on any atom is -0.497 e. The van der Waals surface area contributed by atoms with E-state index in [-0.39, 0.29) is 11.2 Å². The topological polar surface area (TPSA) is 81.4 Å². The number of aryl methyl sites for hydroxylation is 1. The Morgan fingerprint density at radius 2 is 1.97 bits per heavy atom. The van der Waals surface area contributed by atoms with E-state index >= 15 is 0 Å². The number of benzene rings is 2. The predicted octanol–water partition coefficient (Wildman–Crippen LogP) is 5.83. The molecule has 34 heavy (non-hydrogen) atoms. The first-order valence-corrected chi connectivity index (χ1v) is 12.6. The number of anilines is 1. The number of thioether (sulfide) groups is 1. The molecule has 0 spiro atoms. The van der Waals surface area contributed by atoms with Gasteiger partial charge in [0.15, 0.2) is 15.9 Å². The number of carbonyl (C=O) groups excluding carboxylic acids is 1. The smallest absolute Gasteiger partial charge is 0.239 e. The minimum atomic E-state index is -0.333. The maximum Gasteiger partial charge on any atom is 0.239 e. The van der Waals surface area contributed by atoms with Crippen LogP contribution in [-0.2, 0) is 4.79 Å². The number of fused-ring (bicyclic) bond motifs is 3. The van der Waals surface area contributed by atoms with E-state index < -0.39 is 0 Å². The van der Waals surface area contributed by atoms with E-state index in [2.05, 4.69) is 39.6 Å². The molecular weight excluding hydrogens is 466 g/mol. The summed E-state index contributed by atoms with van der Waals surface area (Å²) in [5.74, 6) is 0.690. The third-order valence-corrected chi connectivity index (χ3v) is 7.67. The predicted molar refractivity (Wildman–Crippen MR) is 138 cm³/mol. The van der Waals surface area contributed by atoms with Crippen molar-refractivity contribution >= 4 is 50.7 Å². The zero-order valence-corrected chi connectivity index (χ0v) is 20.6. The SMILES string of the molecule is CCC(Sc1nnc2cc(C)c3ccccc3n12)C(=O)Nc1nc(-c2ccc(OC)cc2)cs1. The normalized spacial score (nSPS) is 12.2. The molecule has 0 fully saturated rings. The number of hydrogen-bond donors (Lipinski definition) is 1. The summed E-state index contributed by atoms with van der Waals surface area (Å²) in [6, 6.07) is 17.9. The Labute approximate surface area is 205 Å². The molecule has 5 aromatic rings. The zero-order chi connectivity index (χ0) is 23.7. The summed E-state index contributed by atoms with van der Waals surface area (Å²) in [4.78, 5) is 17.7. The van der Waals surface area contributed by atoms with Crippen LogP contribution in [0.15, 0.2) is 65.1 Å². The van der Waals surface area contributed by atoms with Crippen LogP contribution in [0, 0.1) is 6.92 Å². The van der Waals surface area contributed by atoms with Crippen LogP contribution in [0.2, 0.25) is 0 Å². The van der Waals surface area contributed by atoms with Crippen molar-refractivity contribution < 1.29 is 9.53 Å². The Kier molecular flexibility index (Phi) is 6.21. The van der Waals surface area contributed by atoms with Crippen LogP contribution < -0.4 is 10.1 Å². The maximum atomic E-state index is 13.1. The Balaban J connectivity index is 1.36. The van der Waals surface area contributed by atoms with E-state index in [1.165, 1.54) is 23.1 Å². The van der Waals surface area contributed by atoms with Gasteiger partial charge in [-0.2, -0.15) is 0 Å². The second kappa shape index (κ2) is 9.44. The molecule has 9 heteroatoms. The van der Waals surface area contributed by atoms with Crippen molar-refractivity contribution in [1.29, 1.82) is 0 Å². The second-order valence-electron chi connectivity index (χ2n) is 7.79. The number of ether oxygens (including phenoxy) is 1. The molecule has 1 atom stereocenters. The van der Waals surface area contributed by atoms with Crippen LogP contribution in [0.25, 0.3) is 27.8 Å². The lowest BCUT2D eigenvalue weighted by Crippen LogP contribution is -2.24. The van der Waals surface area contributed by atoms with Crippen molar-refractivity contribution in [2.45, 2.75) is 30.7 Å². The number of carbonyl (C=O) groups is 1. The molecule has 7 nitrogen and oxygen atoms in total. The number of para-hydroxylation sites is 1. The first-order valence-electron chi connectivity index (χ1n) is 10.9. The molecule has 5 rings (SSSR count). The van der Waals surface area contributed by atoms with E-state index in [9.17, 15) is 4.79 Å². The lowest BCUT2D eigenvalue weighted by molar-refractivity contribution is -0.115. The molecule has 0 aliphatic heterocycles. The molecule has 2 aromatic carbocycles. The molecule has 172 valence electrons. The van der Waals surface area contributed by atoms with E-state index in [4.69, 9.17) is 4.74 Å². The Morgan fingerprint density at radius 1 is 1.18 bits per heavy atom. The molecular formula is C25H23N5O2S2. The van der Waals surface area contributed by atoms with Crippen LogP contribution in [0.3, 0.4) is 0 Å². The molecule has 1 amide bonds. The van der Waals surface area contributed by atoms with Gasteiger partial charge in [0.1, 0.15) is 5.75 Å². The van der Waals surface area contributed by atoms with Crippen LogP contribution in [-0.4, -0.2) is 37.8 Å². The standard InChI is InChI=1S/C25H23N5O2S2/c1-4-21(23(31)27-24-26-19(14-33-24)16-9-11-17(32-3)12-10-16)34-25-29-28-22-13-15(2)18-7-5-6-8-20(18)30(22)25/h5-14,21H,4H2,1-3H3,(H,26,27,31). The highest BCUT2D eigenvalue weighted by molar-refractivity contribution is 8.00. The van der Waals surface area contributed by atoms with Gasteiger partial charge in [-0.25, -0.2) is 4.98 Å². The number of hydrogen-bond acceptors (Lipinski definition) is 7. The summed E-state index contributed by atoms with van der Waals surface area (Å²) in [6.07, 6.45) is 0.645. The summed E-state index contributed by atoms with van der Waals surface area (Å²) in [5.41, 5.74) is 4.74. The van der Waals surface area contributed by atoms with Gasteiger partial charge in [-0.15, -0.1) is 21.5 Å². The van der Waals surface area contributed by atoms with E-state index in [0.29, 0.717) is 16.7 Å². The molecule has 0 aliphatic carbocycles. The summed E-state index contributed by atoms with van der Waals surface area (Å²) >= 11 is 2.83. The van der Waals surface area contributed by atoms with E-state index in [1.54, 1.807) is 7.11 Å². The van der Waals surface area contributed by atoms with Gasteiger partial charge in [-0.1, -0.05) is 36.9 Å². The number of nitrogens with one attached hydrogen (secondary N) is 1. The van der Waals surface area contributed by atoms with E-state index in [0.717, 1.165) is 39.1 Å². The maximum absolute atomic E-state index is 13.1. The van der Waals surface area contributed by atoms with Gasteiger partial charge in [-0.3, -0.25) is 9.20 Å². The zero-order valence-electron chi connectivity index (χ0n) is 19.0. The van der Waals surface area contributed by atoms with Crippen molar-refractivity contribution in [3.8, 4) is 17.0 Å². The third kappa shape index (κ3) is 4.24. The van der Waals surface area contributed by atoms with Crippen molar-refractivity contribution in [2.24, 2.45) is 0 Å². The molecule has 1 unspecified atom stereocenters. The minimum absolute atomic E-state index is 0.101. The first-order chi connectivity index (χ1) is 16.6. The van der Waals surface area contributed by atoms with E-state index in [1.807, 2.05) is 59.2 Å². The van der Waals surface area contributed by atoms with Gasteiger partial charge >= 0.3 is 0 Å². The summed E-state index contributed by atoms with van der Waals surface area (Å²) in [7, 11) is 1.64. The fraction of sp³-hybridized carbons (Fsp3) is 0.200. The van der Waals surface area contributed by atoms with Gasteiger partial charge < -0.3 is 10.1 Å². The van der Waals surface area contributed by atoms with Gasteiger partial charge in [0, 0.05) is 16.3 Å². The molecule has 0 aliphatic rings. The Hall–Kier alpha value is -3.43. The fourth-order valence-electron chi connectivity index (χ4n) is 3.81. The molecule has 0 bridgehead atoms. The number of aromatic nitrogens is 4. The number of rotatable bonds is 7. The van der Waals surface area contributed by atoms with Gasteiger partial charge in [0.2, 0.25) is 5.91 Å². The van der Waals surface area contributed by atoms with Crippen molar-refractivity contribution in [2.75, 3.05) is 12.4 Å². The fourth-order valence-corrected chi connectivity index (χ4v) is 5.51. The first kappa shape index (κ1) is 22.4. The highest BCUT2D eigenvalue weighted by atomic mass is 32.2. The average Bonchev–Trinajstić information content (AvgIpc) is 3.49. The molecule has 3 aromatic heterocycles. The summed E-state index contributed by atoms with van der Waals surface area (Å²) in [5, 5.41) is 15.7. The van der Waals surface area contributed by atoms with Crippen LogP contribution in [0.4, 0.5) is 5.13 Å². The third-order valence-electron chi connectivity index (χ3n) is 5.60. The molecule has 1 N–H and O–H groups in total. The molecule has 0 saturated heterocycles. The molecule has 0 saturated carbocycles.